The summed E-state index contributed by atoms with van der Waals surface area (Å²) in [5.41, 5.74) is 0.545. The summed E-state index contributed by atoms with van der Waals surface area (Å²) in [6.45, 7) is 0. The van der Waals surface area contributed by atoms with Gasteiger partial charge < -0.3 is 0 Å². The number of benzene rings is 1. The predicted octanol–water partition coefficient (Wildman–Crippen LogP) is 2.62. The Morgan fingerprint density at radius 2 is 1.63 bits per heavy atom. The molecule has 2 amide bonds. The van der Waals surface area contributed by atoms with Crippen LogP contribution in [-0.4, -0.2) is 21.7 Å². The van der Waals surface area contributed by atoms with Crippen molar-refractivity contribution in [1.82, 2.24) is 9.88 Å². The number of hydrogen-bond acceptors (Lipinski definition) is 3. The van der Waals surface area contributed by atoms with Gasteiger partial charge in [0.2, 0.25) is 0 Å². The molecule has 4 nitrogen and oxygen atoms in total. The lowest BCUT2D eigenvalue weighted by Crippen LogP contribution is -2.31. The smallest absolute Gasteiger partial charge is 0.263 e. The molecule has 19 heavy (non-hydrogen) atoms. The van der Waals surface area contributed by atoms with Gasteiger partial charge in [0.15, 0.2) is 0 Å². The number of nitrogens with zero attached hydrogens (tertiary/aromatic N) is 2. The Balaban J connectivity index is 2.01. The molecule has 0 bridgehead atoms. The first-order chi connectivity index (χ1) is 9.20. The van der Waals surface area contributed by atoms with Gasteiger partial charge in [-0.25, -0.2) is 0 Å². The maximum atomic E-state index is 12.2. The lowest BCUT2D eigenvalue weighted by atomic mass is 10.1. The molecule has 5 heteroatoms. The molecular formula is C14H9ClN2O2. The topological polar surface area (TPSA) is 50.3 Å². The van der Waals surface area contributed by atoms with Crippen molar-refractivity contribution in [1.29, 1.82) is 0 Å². The Morgan fingerprint density at radius 1 is 1.00 bits per heavy atom. The average Bonchev–Trinajstić information content (AvgIpc) is 2.72. The molecule has 1 aliphatic heterocycles. The highest BCUT2D eigenvalue weighted by molar-refractivity contribution is 6.28. The van der Waals surface area contributed by atoms with E-state index in [1.54, 1.807) is 48.8 Å². The number of imide groups is 1. The fourth-order valence-electron chi connectivity index (χ4n) is 2.08. The van der Waals surface area contributed by atoms with Crippen LogP contribution in [0.5, 0.6) is 0 Å². The lowest BCUT2D eigenvalue weighted by Gasteiger charge is -2.20. The molecule has 3 rings (SSSR count). The van der Waals surface area contributed by atoms with E-state index in [0.29, 0.717) is 16.7 Å². The normalized spacial score (nSPS) is 15.5. The van der Waals surface area contributed by atoms with Crippen LogP contribution in [0.1, 0.15) is 31.8 Å². The van der Waals surface area contributed by atoms with Gasteiger partial charge in [-0.3, -0.25) is 19.5 Å². The Kier molecular flexibility index (Phi) is 2.80. The van der Waals surface area contributed by atoms with Crippen LogP contribution in [0.4, 0.5) is 0 Å². The summed E-state index contributed by atoms with van der Waals surface area (Å²) >= 11 is 6.24. The van der Waals surface area contributed by atoms with Gasteiger partial charge in [-0.1, -0.05) is 29.8 Å². The van der Waals surface area contributed by atoms with E-state index >= 15 is 0 Å². The van der Waals surface area contributed by atoms with E-state index in [4.69, 9.17) is 11.6 Å². The van der Waals surface area contributed by atoms with Crippen molar-refractivity contribution in [2.24, 2.45) is 0 Å². The molecule has 94 valence electrons. The molecule has 0 saturated heterocycles. The molecular weight excluding hydrogens is 264 g/mol. The molecule has 0 spiro atoms. The molecule has 1 aromatic carbocycles. The highest BCUT2D eigenvalue weighted by atomic mass is 35.5. The lowest BCUT2D eigenvalue weighted by molar-refractivity contribution is 0.0632. The van der Waals surface area contributed by atoms with E-state index in [0.717, 1.165) is 4.90 Å². The molecule has 0 radical (unpaired) electrons. The van der Waals surface area contributed by atoms with E-state index in [1.165, 1.54) is 0 Å². The van der Waals surface area contributed by atoms with Gasteiger partial charge in [-0.15, -0.1) is 0 Å². The monoisotopic (exact) mass is 272 g/mol. The van der Waals surface area contributed by atoms with Crippen LogP contribution in [0.2, 0.25) is 0 Å². The average molecular weight is 273 g/mol. The van der Waals surface area contributed by atoms with Gasteiger partial charge in [-0.2, -0.15) is 0 Å². The molecule has 1 aliphatic rings. The zero-order valence-electron chi connectivity index (χ0n) is 9.79. The quantitative estimate of drug-likeness (QED) is 0.480. The first-order valence-corrected chi connectivity index (χ1v) is 6.14. The molecule has 0 fully saturated rings. The van der Waals surface area contributed by atoms with Gasteiger partial charge in [0.1, 0.15) is 5.50 Å². The molecule has 1 aromatic heterocycles. The number of rotatable bonds is 2. The minimum absolute atomic E-state index is 0.371. The largest absolute Gasteiger partial charge is 0.269 e. The standard InChI is InChI=1S/C14H9ClN2O2/c15-12(9-4-3-7-16-8-9)17-13(18)10-5-1-2-6-11(10)14(17)19/h1-8,12H. The fourth-order valence-corrected chi connectivity index (χ4v) is 2.39. The summed E-state index contributed by atoms with van der Waals surface area (Å²) in [4.78, 5) is 29.4. The molecule has 0 N–H and O–H groups in total. The Labute approximate surface area is 114 Å². The van der Waals surface area contributed by atoms with Crippen LogP contribution >= 0.6 is 11.6 Å². The van der Waals surface area contributed by atoms with E-state index in [1.807, 2.05) is 0 Å². The van der Waals surface area contributed by atoms with Gasteiger partial charge in [0.25, 0.3) is 11.8 Å². The summed E-state index contributed by atoms with van der Waals surface area (Å²) < 4.78 is 0. The van der Waals surface area contributed by atoms with E-state index in [2.05, 4.69) is 4.98 Å². The van der Waals surface area contributed by atoms with Crippen molar-refractivity contribution < 1.29 is 9.59 Å². The van der Waals surface area contributed by atoms with Crippen LogP contribution in [0.3, 0.4) is 0 Å². The number of amides is 2. The van der Waals surface area contributed by atoms with Crippen molar-refractivity contribution in [3.63, 3.8) is 0 Å². The highest BCUT2D eigenvalue weighted by Crippen LogP contribution is 2.33. The summed E-state index contributed by atoms with van der Waals surface area (Å²) in [6, 6.07) is 10.1. The third-order valence-corrected chi connectivity index (χ3v) is 3.46. The van der Waals surface area contributed by atoms with Crippen molar-refractivity contribution >= 4 is 23.4 Å². The van der Waals surface area contributed by atoms with E-state index in [9.17, 15) is 9.59 Å². The maximum absolute atomic E-state index is 12.2. The summed E-state index contributed by atoms with van der Waals surface area (Å²) in [5.74, 6) is -0.742. The van der Waals surface area contributed by atoms with Crippen molar-refractivity contribution in [2.75, 3.05) is 0 Å². The number of aromatic nitrogens is 1. The number of carbonyl (C=O) groups is 2. The summed E-state index contributed by atoms with van der Waals surface area (Å²) in [7, 11) is 0. The third-order valence-electron chi connectivity index (χ3n) is 3.01. The number of carbonyl (C=O) groups excluding carboxylic acids is 2. The molecule has 1 atom stereocenters. The number of halogens is 1. The van der Waals surface area contributed by atoms with Crippen LogP contribution in [0, 0.1) is 0 Å². The number of pyridine rings is 1. The van der Waals surface area contributed by atoms with Crippen molar-refractivity contribution in [3.8, 4) is 0 Å². The maximum Gasteiger partial charge on any atom is 0.263 e. The van der Waals surface area contributed by atoms with Crippen LogP contribution in [-0.2, 0) is 0 Å². The fraction of sp³-hybridized carbons (Fsp3) is 0.0714. The molecule has 0 aliphatic carbocycles. The first kappa shape index (κ1) is 11.9. The van der Waals surface area contributed by atoms with Crippen molar-refractivity contribution in [2.45, 2.75) is 5.50 Å². The second-order valence-corrected chi connectivity index (χ2v) is 4.56. The second-order valence-electron chi connectivity index (χ2n) is 4.15. The molecule has 1 unspecified atom stereocenters. The number of alkyl halides is 1. The summed E-state index contributed by atoms with van der Waals surface area (Å²) in [5, 5.41) is 0. The molecule has 2 aromatic rings. The Bertz CT molecular complexity index is 623. The van der Waals surface area contributed by atoms with Gasteiger partial charge in [-0.05, 0) is 18.2 Å². The SMILES string of the molecule is O=C1c2ccccc2C(=O)N1C(Cl)c1cccnc1. The third kappa shape index (κ3) is 1.81. The van der Waals surface area contributed by atoms with Gasteiger partial charge >= 0.3 is 0 Å². The van der Waals surface area contributed by atoms with Crippen molar-refractivity contribution in [3.05, 3.63) is 65.5 Å². The first-order valence-electron chi connectivity index (χ1n) is 5.71. The highest BCUT2D eigenvalue weighted by Gasteiger charge is 2.39. The number of fused-ring (bicyclic) bond motifs is 1. The summed E-state index contributed by atoms with van der Waals surface area (Å²) in [6.07, 6.45) is 3.15. The minimum Gasteiger partial charge on any atom is -0.269 e. The van der Waals surface area contributed by atoms with Crippen LogP contribution < -0.4 is 0 Å². The zero-order chi connectivity index (χ0) is 13.4. The predicted molar refractivity (Wildman–Crippen MR) is 69.8 cm³/mol. The minimum atomic E-state index is -0.846. The number of hydrogen-bond donors (Lipinski definition) is 0. The van der Waals surface area contributed by atoms with E-state index in [-0.39, 0.29) is 11.8 Å². The Hall–Kier alpha value is -2.20. The van der Waals surface area contributed by atoms with Crippen LogP contribution in [0.25, 0.3) is 0 Å². The second kappa shape index (κ2) is 4.48. The molecule has 2 heterocycles. The van der Waals surface area contributed by atoms with Gasteiger partial charge in [0.05, 0.1) is 11.1 Å². The Morgan fingerprint density at radius 3 is 2.16 bits per heavy atom. The zero-order valence-corrected chi connectivity index (χ0v) is 10.5. The van der Waals surface area contributed by atoms with Gasteiger partial charge in [0, 0.05) is 18.0 Å². The van der Waals surface area contributed by atoms with E-state index < -0.39 is 5.50 Å². The van der Waals surface area contributed by atoms with Crippen LogP contribution in [0.15, 0.2) is 48.8 Å². The molecule has 0 saturated carbocycles.